The first kappa shape index (κ1) is 74.5. The van der Waals surface area contributed by atoms with Crippen LogP contribution in [0.15, 0.2) is 0 Å². The number of hydrogen-bond donors (Lipinski definition) is 20. The molecule has 6 aliphatic heterocycles. The van der Waals surface area contributed by atoms with Gasteiger partial charge >= 0.3 is 0 Å². The number of ether oxygens (including phenoxy) is 11. The third-order valence-electron chi connectivity index (χ3n) is 26.9. The SMILES string of the molecule is C[C@@H]1O[C@@H](OC[C@H]2O[C@@H](O[C@H]3CC[C@]45C[C@]46CC[C@]4(C)[C@@H]([C@@H]7[C@H](O)[C@@H](C(C)(C)O)C[C@@H]7[C@@H]7O[C@H](CO[C@@H]8OC[C@@H](O)[C@H](O)[C@H]8O)[C@@H](O)[C@H](O)[C@H]7O[C@@H]7O[C@H](CO)[C@@H](O)[C@H](O)[C@H]7O)CC[C@@]4(C)[C@@H]6CC[C@H]5[C@@]3(C)CO)[C@H](O[C@@H]3O[C@@H](C)[C@H](O)[C@@H](O)[C@H]3O)[C@@H](O)[C@@H]2O)[C@H](O)[C@H](O)[C@H]1O. The van der Waals surface area contributed by atoms with Gasteiger partial charge in [-0.05, 0) is 143 Å². The average molecular weight is 1390 g/mol. The van der Waals surface area contributed by atoms with Gasteiger partial charge in [-0.3, -0.25) is 0 Å². The summed E-state index contributed by atoms with van der Waals surface area (Å²) in [4.78, 5) is 0. The van der Waals surface area contributed by atoms with E-state index in [0.717, 1.165) is 25.7 Å². The molecule has 31 nitrogen and oxygen atoms in total. The van der Waals surface area contributed by atoms with Crippen LogP contribution in [-0.2, 0) is 52.1 Å². The molecule has 31 heteroatoms. The Morgan fingerprint density at radius 3 is 1.60 bits per heavy atom. The molecule has 12 rings (SSSR count). The first-order valence-electron chi connectivity index (χ1n) is 34.7. The molecule has 2 spiro atoms. The van der Waals surface area contributed by atoms with E-state index >= 15 is 0 Å². The lowest BCUT2D eigenvalue weighted by atomic mass is 9.41. The topological polar surface area (TPSA) is 506 Å². The van der Waals surface area contributed by atoms with E-state index in [9.17, 15) is 102 Å². The molecule has 20 N–H and O–H groups in total. The summed E-state index contributed by atoms with van der Waals surface area (Å²) in [7, 11) is 0. The first-order valence-corrected chi connectivity index (χ1v) is 34.7. The van der Waals surface area contributed by atoms with Crippen molar-refractivity contribution in [1.82, 2.24) is 0 Å². The zero-order chi connectivity index (χ0) is 69.7. The standard InChI is InChI=1S/C65H108O31/c1-23-36(69)43(76)49(82)56(89-23)88-20-31-42(75)47(80)54(96-57-50(83)44(77)37(70)24(2)90-57)59(93-31)94-34-11-13-64-21-65(64)15-14-62(6)26(10-12-63(62,7)33(65)9-8-32(64)61(34,5)22-67)35-25(16-27(38(35)71)60(3,4)85)52-53(95-58-51(84)45(78)40(73)29(17-66)92-58)46(79)41(74)30(91-52)19-87-55-48(81)39(72)28(68)18-86-55/h23-59,66-85H,8-22H2,1-7H3/t23-,24-,25-,26+,27-,28+,29+,30+,31+,32-,33-,34-,35+,36-,37-,38+,39-,40+,41+,42+,43+,44+,45-,46-,47-,48+,49+,50+,51+,52-,53+,54+,55-,56+,57-,58-,59-,61+,62+,63-,64+,65-/m0/s1. The number of aliphatic hydroxyl groups is 20. The van der Waals surface area contributed by atoms with E-state index < -0.39 is 251 Å². The van der Waals surface area contributed by atoms with Crippen LogP contribution in [0.2, 0.25) is 0 Å². The molecule has 12 aliphatic rings. The Morgan fingerprint density at radius 1 is 0.458 bits per heavy atom. The van der Waals surface area contributed by atoms with Crippen molar-refractivity contribution < 1.29 is 154 Å². The molecule has 42 atom stereocenters. The lowest BCUT2D eigenvalue weighted by Gasteiger charge is -2.64. The van der Waals surface area contributed by atoms with Crippen LogP contribution in [0.1, 0.15) is 113 Å². The summed E-state index contributed by atoms with van der Waals surface area (Å²) in [6.07, 6.45) is -42.3. The molecule has 0 radical (unpaired) electrons. The van der Waals surface area contributed by atoms with Crippen molar-refractivity contribution in [3.8, 4) is 0 Å². The fraction of sp³-hybridized carbons (Fsp3) is 1.00. The van der Waals surface area contributed by atoms with Crippen LogP contribution in [0.5, 0.6) is 0 Å². The predicted molar refractivity (Wildman–Crippen MR) is 320 cm³/mol. The van der Waals surface area contributed by atoms with Gasteiger partial charge in [0.05, 0.1) is 69.2 Å². The van der Waals surface area contributed by atoms with Crippen molar-refractivity contribution in [2.45, 2.75) is 308 Å². The van der Waals surface area contributed by atoms with Crippen LogP contribution in [0.25, 0.3) is 0 Å². The highest BCUT2D eigenvalue weighted by Gasteiger charge is 2.83. The lowest BCUT2D eigenvalue weighted by Crippen LogP contribution is -2.66. The maximum Gasteiger partial charge on any atom is 0.187 e. The molecule has 6 aliphatic carbocycles. The number of fused-ring (bicyclic) bond motifs is 2. The second-order valence-corrected chi connectivity index (χ2v) is 32.0. The van der Waals surface area contributed by atoms with Crippen LogP contribution in [-0.4, -0.2) is 331 Å². The van der Waals surface area contributed by atoms with Crippen LogP contribution >= 0.6 is 0 Å². The van der Waals surface area contributed by atoms with Crippen molar-refractivity contribution in [3.63, 3.8) is 0 Å². The highest BCUT2D eigenvalue weighted by Crippen LogP contribution is 2.89. The van der Waals surface area contributed by atoms with Crippen molar-refractivity contribution in [3.05, 3.63) is 0 Å². The Morgan fingerprint density at radius 2 is 0.979 bits per heavy atom. The summed E-state index contributed by atoms with van der Waals surface area (Å²) in [5.74, 6) is -2.58. The summed E-state index contributed by atoms with van der Waals surface area (Å²) in [6, 6.07) is 0. The Bertz CT molecular complexity index is 2650. The molecule has 0 aromatic rings. The third kappa shape index (κ3) is 12.0. The highest BCUT2D eigenvalue weighted by atomic mass is 16.8. The molecule has 554 valence electrons. The normalized spacial score (nSPS) is 58.3. The van der Waals surface area contributed by atoms with Crippen LogP contribution in [0.3, 0.4) is 0 Å². The summed E-state index contributed by atoms with van der Waals surface area (Å²) >= 11 is 0. The first-order chi connectivity index (χ1) is 45.1. The largest absolute Gasteiger partial charge is 0.396 e. The maximum absolute atomic E-state index is 13.0. The fourth-order valence-electron chi connectivity index (χ4n) is 21.1. The average Bonchev–Trinajstić information content (AvgIpc) is 1.47. The van der Waals surface area contributed by atoms with E-state index in [-0.39, 0.29) is 47.0 Å². The third-order valence-corrected chi connectivity index (χ3v) is 26.9. The van der Waals surface area contributed by atoms with Crippen LogP contribution in [0, 0.1) is 62.6 Å². The Labute approximate surface area is 556 Å². The fourth-order valence-corrected chi connectivity index (χ4v) is 21.1. The Hall–Kier alpha value is -1.24. The van der Waals surface area contributed by atoms with E-state index in [0.29, 0.717) is 32.1 Å². The molecule has 12 fully saturated rings. The molecule has 6 saturated carbocycles. The summed E-state index contributed by atoms with van der Waals surface area (Å²) < 4.78 is 67.3. The summed E-state index contributed by atoms with van der Waals surface area (Å²) in [6.45, 7) is 10.0. The minimum Gasteiger partial charge on any atom is -0.396 e. The van der Waals surface area contributed by atoms with Gasteiger partial charge in [-0.15, -0.1) is 0 Å². The van der Waals surface area contributed by atoms with Gasteiger partial charge in [-0.2, -0.15) is 0 Å². The maximum atomic E-state index is 13.0. The molecule has 0 amide bonds. The minimum absolute atomic E-state index is 0.0924. The predicted octanol–water partition coefficient (Wildman–Crippen LogP) is -6.20. The highest BCUT2D eigenvalue weighted by molar-refractivity contribution is 5.31. The van der Waals surface area contributed by atoms with Crippen LogP contribution in [0.4, 0.5) is 0 Å². The van der Waals surface area contributed by atoms with Gasteiger partial charge in [-0.1, -0.05) is 20.8 Å². The molecule has 6 saturated heterocycles. The zero-order valence-corrected chi connectivity index (χ0v) is 55.4. The molecule has 0 aromatic heterocycles. The molecule has 6 heterocycles. The Kier molecular flexibility index (Phi) is 21.2. The quantitative estimate of drug-likeness (QED) is 0.0603. The molecular formula is C65H108O31. The van der Waals surface area contributed by atoms with Gasteiger partial charge in [0, 0.05) is 11.3 Å². The van der Waals surface area contributed by atoms with Gasteiger partial charge in [-0.25, -0.2) is 0 Å². The van der Waals surface area contributed by atoms with E-state index in [1.54, 1.807) is 13.8 Å². The second kappa shape index (κ2) is 27.3. The van der Waals surface area contributed by atoms with E-state index in [4.69, 9.17) is 52.1 Å². The minimum atomic E-state index is -1.94. The van der Waals surface area contributed by atoms with Gasteiger partial charge in [0.1, 0.15) is 128 Å². The van der Waals surface area contributed by atoms with Gasteiger partial charge in [0.2, 0.25) is 0 Å². The van der Waals surface area contributed by atoms with Gasteiger partial charge < -0.3 is 154 Å². The second-order valence-electron chi connectivity index (χ2n) is 32.0. The lowest BCUT2D eigenvalue weighted by molar-refractivity contribution is -0.380. The molecule has 0 unspecified atom stereocenters. The molecule has 0 aromatic carbocycles. The van der Waals surface area contributed by atoms with Crippen molar-refractivity contribution in [2.75, 3.05) is 33.0 Å². The summed E-state index contributed by atoms with van der Waals surface area (Å²) in [5, 5.41) is 223. The van der Waals surface area contributed by atoms with Crippen LogP contribution < -0.4 is 0 Å². The van der Waals surface area contributed by atoms with Gasteiger partial charge in [0.25, 0.3) is 0 Å². The van der Waals surface area contributed by atoms with Crippen molar-refractivity contribution in [1.29, 1.82) is 0 Å². The Balaban J connectivity index is 0.812. The molecular weight excluding hydrogens is 1280 g/mol. The zero-order valence-electron chi connectivity index (χ0n) is 55.4. The monoisotopic (exact) mass is 1380 g/mol. The molecule has 96 heavy (non-hydrogen) atoms. The van der Waals surface area contributed by atoms with E-state index in [2.05, 4.69) is 13.8 Å². The summed E-state index contributed by atoms with van der Waals surface area (Å²) in [5.41, 5.74) is -3.87. The van der Waals surface area contributed by atoms with Crippen molar-refractivity contribution in [2.24, 2.45) is 62.6 Å². The van der Waals surface area contributed by atoms with Gasteiger partial charge in [0.15, 0.2) is 31.5 Å². The number of hydrogen-bond acceptors (Lipinski definition) is 31. The number of aliphatic hydroxyl groups excluding tert-OH is 19. The van der Waals surface area contributed by atoms with Crippen molar-refractivity contribution >= 4 is 0 Å². The van der Waals surface area contributed by atoms with E-state index in [1.807, 2.05) is 6.92 Å². The van der Waals surface area contributed by atoms with E-state index in [1.165, 1.54) is 13.8 Å². The smallest absolute Gasteiger partial charge is 0.187 e. The molecule has 0 bridgehead atoms. The number of rotatable bonds is 17.